The molecule has 2 fully saturated rings. The molecule has 0 spiro atoms. The molecule has 1 N–H and O–H groups in total. The van der Waals surface area contributed by atoms with Crippen molar-refractivity contribution < 1.29 is 5.11 Å². The second-order valence-corrected chi connectivity index (χ2v) is 8.90. The van der Waals surface area contributed by atoms with Gasteiger partial charge in [-0.3, -0.25) is 4.68 Å². The molecule has 8 nitrogen and oxygen atoms in total. The molecule has 2 aliphatic heterocycles. The third kappa shape index (κ3) is 3.41. The highest BCUT2D eigenvalue weighted by atomic mass is 16.3. The number of hydrogen-bond acceptors (Lipinski definition) is 7. The number of aromatic nitrogens is 4. The van der Waals surface area contributed by atoms with E-state index in [1.54, 1.807) is 17.1 Å². The van der Waals surface area contributed by atoms with Crippen LogP contribution in [0.4, 0.5) is 11.5 Å². The lowest BCUT2D eigenvalue weighted by molar-refractivity contribution is 0.0786. The van der Waals surface area contributed by atoms with Crippen molar-refractivity contribution in [1.29, 1.82) is 5.26 Å². The van der Waals surface area contributed by atoms with E-state index in [0.29, 0.717) is 23.2 Å². The number of benzene rings is 1. The molecule has 2 aliphatic rings. The third-order valence-corrected chi connectivity index (χ3v) is 6.25. The Kier molecular flexibility index (Phi) is 4.45. The normalized spacial score (nSPS) is 20.4. The molecule has 4 heterocycles. The van der Waals surface area contributed by atoms with Crippen LogP contribution in [0, 0.1) is 11.3 Å². The van der Waals surface area contributed by atoms with Crippen LogP contribution in [0.3, 0.4) is 0 Å². The Bertz CT molecular complexity index is 1170. The number of hydrogen-bond donors (Lipinski definition) is 1. The van der Waals surface area contributed by atoms with Gasteiger partial charge in [-0.2, -0.15) is 10.4 Å². The molecule has 8 heteroatoms. The Morgan fingerprint density at radius 1 is 1.16 bits per heavy atom. The summed E-state index contributed by atoms with van der Waals surface area (Å²) in [7, 11) is 1.86. The predicted molar refractivity (Wildman–Crippen MR) is 118 cm³/mol. The number of aliphatic hydroxyl groups is 1. The van der Waals surface area contributed by atoms with Gasteiger partial charge in [0.1, 0.15) is 11.6 Å². The monoisotopic (exact) mass is 415 g/mol. The van der Waals surface area contributed by atoms with Crippen molar-refractivity contribution in [3.8, 4) is 17.5 Å². The number of nitrogens with zero attached hydrogens (tertiary/aromatic N) is 7. The van der Waals surface area contributed by atoms with E-state index in [9.17, 15) is 10.4 Å². The smallest absolute Gasteiger partial charge is 0.164 e. The van der Waals surface area contributed by atoms with Crippen LogP contribution in [0.15, 0.2) is 42.9 Å². The van der Waals surface area contributed by atoms with Crippen molar-refractivity contribution in [1.82, 2.24) is 19.7 Å². The summed E-state index contributed by atoms with van der Waals surface area (Å²) in [6, 6.07) is 11.0. The van der Waals surface area contributed by atoms with Gasteiger partial charge in [0.25, 0.3) is 0 Å². The maximum Gasteiger partial charge on any atom is 0.164 e. The van der Waals surface area contributed by atoms with Gasteiger partial charge in [0.15, 0.2) is 11.6 Å². The van der Waals surface area contributed by atoms with E-state index in [4.69, 9.17) is 4.98 Å². The van der Waals surface area contributed by atoms with Gasteiger partial charge in [-0.25, -0.2) is 9.97 Å². The van der Waals surface area contributed by atoms with Crippen LogP contribution >= 0.6 is 0 Å². The molecular formula is C23H25N7O. The summed E-state index contributed by atoms with van der Waals surface area (Å²) < 4.78 is 1.72. The first-order valence-electron chi connectivity index (χ1n) is 10.5. The zero-order valence-electron chi connectivity index (χ0n) is 17.9. The van der Waals surface area contributed by atoms with Gasteiger partial charge >= 0.3 is 0 Å². The number of piperazine rings is 1. The molecular weight excluding hydrogens is 390 g/mol. The standard InChI is InChI=1S/C23H25N7O/c1-23(2,31)17-5-4-6-18(7-17)29-13-20-8-19(29)14-30(20)22-15(9-24)10-25-21(27-22)16-11-26-28(3)12-16/h4-7,10-12,19-20,31H,8,13-14H2,1-3H3/t19-,20-/m0/s1. The molecule has 0 amide bonds. The lowest BCUT2D eigenvalue weighted by Gasteiger charge is -2.37. The SMILES string of the molecule is Cn1cc(-c2ncc(C#N)c(N3C[C@@H]4C[C@H]3CN4c3cccc(C(C)(C)O)c3)n2)cn1. The minimum absolute atomic E-state index is 0.277. The van der Waals surface area contributed by atoms with Gasteiger partial charge in [-0.1, -0.05) is 12.1 Å². The van der Waals surface area contributed by atoms with Crippen molar-refractivity contribution in [3.63, 3.8) is 0 Å². The molecule has 5 rings (SSSR count). The third-order valence-electron chi connectivity index (χ3n) is 6.25. The van der Waals surface area contributed by atoms with Crippen LogP contribution < -0.4 is 9.80 Å². The first kappa shape index (κ1) is 19.5. The van der Waals surface area contributed by atoms with E-state index in [1.165, 1.54) is 0 Å². The molecule has 2 bridgehead atoms. The predicted octanol–water partition coefficient (Wildman–Crippen LogP) is 2.44. The van der Waals surface area contributed by atoms with Gasteiger partial charge in [0.2, 0.25) is 0 Å². The molecule has 0 aliphatic carbocycles. The summed E-state index contributed by atoms with van der Waals surface area (Å²) in [6.07, 6.45) is 6.24. The molecule has 1 aromatic carbocycles. The molecule has 0 saturated carbocycles. The van der Waals surface area contributed by atoms with Crippen molar-refractivity contribution in [2.24, 2.45) is 7.05 Å². The molecule has 0 unspecified atom stereocenters. The number of nitriles is 1. The average molecular weight is 416 g/mol. The van der Waals surface area contributed by atoms with Gasteiger partial charge in [0.05, 0.1) is 29.6 Å². The van der Waals surface area contributed by atoms with E-state index in [-0.39, 0.29) is 6.04 Å². The number of aryl methyl sites for hydroxylation is 1. The minimum Gasteiger partial charge on any atom is -0.386 e. The van der Waals surface area contributed by atoms with Crippen molar-refractivity contribution >= 4 is 11.5 Å². The Morgan fingerprint density at radius 3 is 2.58 bits per heavy atom. The van der Waals surface area contributed by atoms with Gasteiger partial charge in [0, 0.05) is 38.1 Å². The lowest BCUT2D eigenvalue weighted by atomic mass is 9.97. The first-order valence-corrected chi connectivity index (χ1v) is 10.5. The molecule has 31 heavy (non-hydrogen) atoms. The maximum atomic E-state index is 10.4. The molecule has 2 saturated heterocycles. The van der Waals surface area contributed by atoms with Gasteiger partial charge in [-0.15, -0.1) is 0 Å². The summed E-state index contributed by atoms with van der Waals surface area (Å²) in [5, 5.41) is 24.2. The first-order chi connectivity index (χ1) is 14.8. The zero-order chi connectivity index (χ0) is 21.8. The highest BCUT2D eigenvalue weighted by Gasteiger charge is 2.44. The van der Waals surface area contributed by atoms with Crippen molar-refractivity contribution in [3.05, 3.63) is 54.0 Å². The molecule has 3 aromatic rings. The fourth-order valence-electron chi connectivity index (χ4n) is 4.65. The highest BCUT2D eigenvalue weighted by molar-refractivity contribution is 5.63. The van der Waals surface area contributed by atoms with Crippen molar-refractivity contribution in [2.75, 3.05) is 22.9 Å². The van der Waals surface area contributed by atoms with E-state index >= 15 is 0 Å². The number of anilines is 2. The second kappa shape index (κ2) is 7.06. The second-order valence-electron chi connectivity index (χ2n) is 8.90. The van der Waals surface area contributed by atoms with E-state index in [2.05, 4.69) is 38.1 Å². The molecule has 0 radical (unpaired) electrons. The molecule has 158 valence electrons. The average Bonchev–Trinajstić information content (AvgIpc) is 3.48. The van der Waals surface area contributed by atoms with E-state index in [0.717, 1.165) is 36.3 Å². The fraction of sp³-hybridized carbons (Fsp3) is 0.391. The van der Waals surface area contributed by atoms with Crippen LogP contribution in [0.2, 0.25) is 0 Å². The van der Waals surface area contributed by atoms with Crippen LogP contribution in [-0.2, 0) is 12.6 Å². The molecule has 2 atom stereocenters. The van der Waals surface area contributed by atoms with Crippen molar-refractivity contribution in [2.45, 2.75) is 38.0 Å². The fourth-order valence-corrected chi connectivity index (χ4v) is 4.65. The summed E-state index contributed by atoms with van der Waals surface area (Å²) in [4.78, 5) is 13.8. The summed E-state index contributed by atoms with van der Waals surface area (Å²) >= 11 is 0. The van der Waals surface area contributed by atoms with Gasteiger partial charge < -0.3 is 14.9 Å². The lowest BCUT2D eigenvalue weighted by Crippen LogP contribution is -2.47. The topological polar surface area (TPSA) is 94.1 Å². The van der Waals surface area contributed by atoms with Crippen LogP contribution in [0.5, 0.6) is 0 Å². The van der Waals surface area contributed by atoms with Crippen LogP contribution in [0.25, 0.3) is 11.4 Å². The Hall–Kier alpha value is -3.44. The van der Waals surface area contributed by atoms with Gasteiger partial charge in [-0.05, 0) is 38.0 Å². The largest absolute Gasteiger partial charge is 0.386 e. The number of fused-ring (bicyclic) bond motifs is 2. The number of rotatable bonds is 4. The Balaban J connectivity index is 1.42. The Labute approximate surface area is 181 Å². The summed E-state index contributed by atoms with van der Waals surface area (Å²) in [6.45, 7) is 5.28. The van der Waals surface area contributed by atoms with E-state index in [1.807, 2.05) is 39.2 Å². The van der Waals surface area contributed by atoms with E-state index < -0.39 is 5.60 Å². The molecule has 2 aromatic heterocycles. The summed E-state index contributed by atoms with van der Waals surface area (Å²) in [5.74, 6) is 1.29. The van der Waals surface area contributed by atoms with Crippen LogP contribution in [0.1, 0.15) is 31.4 Å². The quantitative estimate of drug-likeness (QED) is 0.699. The van der Waals surface area contributed by atoms with Crippen LogP contribution in [-0.4, -0.2) is 50.0 Å². The minimum atomic E-state index is -0.869. The highest BCUT2D eigenvalue weighted by Crippen LogP contribution is 2.39. The maximum absolute atomic E-state index is 10.4. The Morgan fingerprint density at radius 2 is 1.94 bits per heavy atom. The zero-order valence-corrected chi connectivity index (χ0v) is 17.9. The summed E-state index contributed by atoms with van der Waals surface area (Å²) in [5.41, 5.74) is 2.50.